The molecule has 3 N–H and O–H groups in total. The highest BCUT2D eigenvalue weighted by Crippen LogP contribution is 2.30. The molecule has 0 bridgehead atoms. The molecule has 8 nitrogen and oxygen atoms in total. The molecule has 178 valence electrons. The Balaban J connectivity index is 1.94. The molecule has 2 rings (SSSR count). The van der Waals surface area contributed by atoms with Gasteiger partial charge in [-0.1, -0.05) is 0 Å². The standard InChI is InChI=1S/C21H23F4N5O3/c1-4-30(5-2)19(32)14-6-12(3)17(26-10-14)11-27-20(33)29-28-18(31)13-7-15(21(23,24)25)9-16(22)8-13/h6-10H,4-5,11H2,1-3H3,(H,28,31)(H2,27,29,33). The third-order valence-corrected chi connectivity index (χ3v) is 4.68. The zero-order chi connectivity index (χ0) is 24.8. The summed E-state index contributed by atoms with van der Waals surface area (Å²) in [5, 5.41) is 2.41. The molecule has 0 aliphatic heterocycles. The molecule has 0 atom stereocenters. The Bertz CT molecular complexity index is 1040. The van der Waals surface area contributed by atoms with Crippen molar-refractivity contribution in [2.75, 3.05) is 13.1 Å². The van der Waals surface area contributed by atoms with E-state index < -0.39 is 35.1 Å². The summed E-state index contributed by atoms with van der Waals surface area (Å²) >= 11 is 0. The number of nitrogens with one attached hydrogen (secondary N) is 3. The number of hydrogen-bond acceptors (Lipinski definition) is 4. The van der Waals surface area contributed by atoms with Gasteiger partial charge < -0.3 is 10.2 Å². The lowest BCUT2D eigenvalue weighted by molar-refractivity contribution is -0.137. The predicted octanol–water partition coefficient (Wildman–Crippen LogP) is 3.17. The van der Waals surface area contributed by atoms with Crippen LogP contribution in [0.2, 0.25) is 0 Å². The number of aromatic nitrogens is 1. The Kier molecular flexibility index (Phi) is 8.32. The maximum atomic E-state index is 13.4. The van der Waals surface area contributed by atoms with Crippen molar-refractivity contribution in [1.82, 2.24) is 26.1 Å². The van der Waals surface area contributed by atoms with E-state index in [0.29, 0.717) is 42.0 Å². The zero-order valence-electron chi connectivity index (χ0n) is 18.1. The van der Waals surface area contributed by atoms with Crippen molar-refractivity contribution in [3.8, 4) is 0 Å². The van der Waals surface area contributed by atoms with E-state index >= 15 is 0 Å². The molecule has 33 heavy (non-hydrogen) atoms. The van der Waals surface area contributed by atoms with Gasteiger partial charge in [-0.15, -0.1) is 0 Å². The van der Waals surface area contributed by atoms with Crippen LogP contribution < -0.4 is 16.2 Å². The van der Waals surface area contributed by atoms with Crippen LogP contribution in [0.3, 0.4) is 0 Å². The Morgan fingerprint density at radius 3 is 2.24 bits per heavy atom. The van der Waals surface area contributed by atoms with E-state index in [1.54, 1.807) is 17.9 Å². The van der Waals surface area contributed by atoms with Crippen LogP contribution in [0.25, 0.3) is 0 Å². The molecule has 1 aromatic carbocycles. The summed E-state index contributed by atoms with van der Waals surface area (Å²) < 4.78 is 51.7. The van der Waals surface area contributed by atoms with E-state index in [4.69, 9.17) is 0 Å². The quantitative estimate of drug-likeness (QED) is 0.447. The molecular formula is C21H23F4N5O3. The average molecular weight is 469 g/mol. The largest absolute Gasteiger partial charge is 0.416 e. The number of halogens is 4. The van der Waals surface area contributed by atoms with Gasteiger partial charge in [0.15, 0.2) is 0 Å². The summed E-state index contributed by atoms with van der Waals surface area (Å²) in [7, 11) is 0. The first kappa shape index (κ1) is 25.6. The molecule has 4 amide bonds. The van der Waals surface area contributed by atoms with E-state index in [1.807, 2.05) is 24.7 Å². The van der Waals surface area contributed by atoms with Gasteiger partial charge in [0.1, 0.15) is 5.82 Å². The molecule has 0 aliphatic rings. The summed E-state index contributed by atoms with van der Waals surface area (Å²) in [6.07, 6.45) is -3.44. The predicted molar refractivity (Wildman–Crippen MR) is 110 cm³/mol. The van der Waals surface area contributed by atoms with Crippen molar-refractivity contribution < 1.29 is 31.9 Å². The average Bonchev–Trinajstić information content (AvgIpc) is 2.76. The van der Waals surface area contributed by atoms with Crippen LogP contribution in [0.15, 0.2) is 30.5 Å². The van der Waals surface area contributed by atoms with Crippen LogP contribution in [-0.4, -0.2) is 40.8 Å². The van der Waals surface area contributed by atoms with Gasteiger partial charge >= 0.3 is 12.2 Å². The Morgan fingerprint density at radius 2 is 1.67 bits per heavy atom. The fourth-order valence-corrected chi connectivity index (χ4v) is 2.88. The molecule has 0 fully saturated rings. The second kappa shape index (κ2) is 10.7. The van der Waals surface area contributed by atoms with E-state index in [9.17, 15) is 31.9 Å². The van der Waals surface area contributed by atoms with Gasteiger partial charge in [0.25, 0.3) is 11.8 Å². The van der Waals surface area contributed by atoms with Crippen molar-refractivity contribution in [3.05, 3.63) is 64.2 Å². The van der Waals surface area contributed by atoms with Gasteiger partial charge in [-0.3, -0.25) is 20.0 Å². The minimum Gasteiger partial charge on any atom is -0.339 e. The van der Waals surface area contributed by atoms with Gasteiger partial charge in [0.2, 0.25) is 0 Å². The summed E-state index contributed by atoms with van der Waals surface area (Å²) in [4.78, 5) is 42.1. The highest BCUT2D eigenvalue weighted by Gasteiger charge is 2.32. The van der Waals surface area contributed by atoms with E-state index in [-0.39, 0.29) is 18.5 Å². The molecule has 2 aromatic rings. The first-order valence-corrected chi connectivity index (χ1v) is 9.93. The highest BCUT2D eigenvalue weighted by atomic mass is 19.4. The minimum atomic E-state index is -4.83. The van der Waals surface area contributed by atoms with Crippen LogP contribution in [0.1, 0.15) is 51.4 Å². The normalized spacial score (nSPS) is 11.0. The third-order valence-electron chi connectivity index (χ3n) is 4.68. The van der Waals surface area contributed by atoms with Crippen LogP contribution in [0.4, 0.5) is 22.4 Å². The Labute approximate surface area is 187 Å². The van der Waals surface area contributed by atoms with Gasteiger partial charge in [-0.2, -0.15) is 13.2 Å². The van der Waals surface area contributed by atoms with Crippen molar-refractivity contribution in [1.29, 1.82) is 0 Å². The Hall–Kier alpha value is -3.70. The van der Waals surface area contributed by atoms with E-state index in [2.05, 4.69) is 10.3 Å². The first-order valence-electron chi connectivity index (χ1n) is 9.93. The summed E-state index contributed by atoms with van der Waals surface area (Å²) in [6.45, 7) is 6.49. The maximum absolute atomic E-state index is 13.4. The van der Waals surface area contributed by atoms with Crippen molar-refractivity contribution >= 4 is 17.8 Å². The number of benzene rings is 1. The first-order chi connectivity index (χ1) is 15.5. The van der Waals surface area contributed by atoms with Gasteiger partial charge in [0, 0.05) is 24.8 Å². The van der Waals surface area contributed by atoms with Gasteiger partial charge in [-0.25, -0.2) is 14.6 Å². The van der Waals surface area contributed by atoms with Gasteiger partial charge in [0.05, 0.1) is 23.4 Å². The summed E-state index contributed by atoms with van der Waals surface area (Å²) in [5.41, 5.74) is 3.44. The number of alkyl halides is 3. The van der Waals surface area contributed by atoms with E-state index in [0.717, 1.165) is 0 Å². The molecule has 0 radical (unpaired) electrons. The number of carbonyl (C=O) groups excluding carboxylic acids is 3. The molecular weight excluding hydrogens is 446 g/mol. The smallest absolute Gasteiger partial charge is 0.339 e. The second-order valence-electron chi connectivity index (χ2n) is 6.95. The van der Waals surface area contributed by atoms with E-state index in [1.165, 1.54) is 6.20 Å². The number of urea groups is 1. The number of hydrazine groups is 1. The van der Waals surface area contributed by atoms with Crippen molar-refractivity contribution in [2.45, 2.75) is 33.5 Å². The summed E-state index contributed by atoms with van der Waals surface area (Å²) in [5.74, 6) is -2.55. The molecule has 0 unspecified atom stereocenters. The lowest BCUT2D eigenvalue weighted by atomic mass is 10.1. The maximum Gasteiger partial charge on any atom is 0.416 e. The Morgan fingerprint density at radius 1 is 1.00 bits per heavy atom. The summed E-state index contributed by atoms with van der Waals surface area (Å²) in [6, 6.07) is 2.10. The van der Waals surface area contributed by atoms with Crippen molar-refractivity contribution in [2.24, 2.45) is 0 Å². The molecule has 0 saturated carbocycles. The van der Waals surface area contributed by atoms with Gasteiger partial charge in [-0.05, 0) is 50.6 Å². The van der Waals surface area contributed by atoms with Crippen LogP contribution in [-0.2, 0) is 12.7 Å². The molecule has 12 heteroatoms. The lowest BCUT2D eigenvalue weighted by Gasteiger charge is -2.19. The number of amides is 4. The van der Waals surface area contributed by atoms with Crippen LogP contribution >= 0.6 is 0 Å². The molecule has 1 aromatic heterocycles. The number of hydrogen-bond donors (Lipinski definition) is 3. The molecule has 1 heterocycles. The SMILES string of the molecule is CCN(CC)C(=O)c1cnc(CNC(=O)NNC(=O)c2cc(F)cc(C(F)(F)F)c2)c(C)c1. The number of pyridine rings is 1. The number of carbonyl (C=O) groups is 3. The monoisotopic (exact) mass is 469 g/mol. The number of rotatable bonds is 6. The topological polar surface area (TPSA) is 103 Å². The molecule has 0 aliphatic carbocycles. The van der Waals surface area contributed by atoms with Crippen LogP contribution in [0, 0.1) is 12.7 Å². The lowest BCUT2D eigenvalue weighted by Crippen LogP contribution is -2.46. The minimum absolute atomic E-state index is 0.0501. The van der Waals surface area contributed by atoms with Crippen LogP contribution in [0.5, 0.6) is 0 Å². The molecule has 0 saturated heterocycles. The third kappa shape index (κ3) is 6.89. The number of nitrogens with zero attached hydrogens (tertiary/aromatic N) is 2. The molecule has 0 spiro atoms. The van der Waals surface area contributed by atoms with Crippen molar-refractivity contribution in [3.63, 3.8) is 0 Å². The second-order valence-corrected chi connectivity index (χ2v) is 6.95. The highest BCUT2D eigenvalue weighted by molar-refractivity contribution is 5.95. The fourth-order valence-electron chi connectivity index (χ4n) is 2.88. The zero-order valence-corrected chi connectivity index (χ0v) is 18.1. The fraction of sp³-hybridized carbons (Fsp3) is 0.333. The number of aryl methyl sites for hydroxylation is 1.